The molecule has 25 heavy (non-hydrogen) atoms. The van der Waals surface area contributed by atoms with Crippen molar-refractivity contribution in [2.24, 2.45) is 0 Å². The first-order valence-electron chi connectivity index (χ1n) is 8.54. The Morgan fingerprint density at radius 1 is 1.20 bits per heavy atom. The molecule has 0 saturated carbocycles. The van der Waals surface area contributed by atoms with E-state index in [0.29, 0.717) is 24.9 Å². The number of ether oxygens (including phenoxy) is 2. The van der Waals surface area contributed by atoms with Crippen LogP contribution in [-0.2, 0) is 24.2 Å². The highest BCUT2D eigenvalue weighted by atomic mass is 32.1. The number of nitrogens with zero attached hydrogens (tertiary/aromatic N) is 2. The third kappa shape index (κ3) is 4.95. The molecule has 1 aromatic heterocycles. The Bertz CT molecular complexity index is 697. The van der Waals surface area contributed by atoms with Crippen LogP contribution in [0.5, 0.6) is 5.19 Å². The fourth-order valence-corrected chi connectivity index (χ4v) is 3.57. The molecule has 0 bridgehead atoms. The highest BCUT2D eigenvalue weighted by Gasteiger charge is 2.25. The topological polar surface area (TPSA) is 51.7 Å². The Morgan fingerprint density at radius 2 is 1.92 bits per heavy atom. The van der Waals surface area contributed by atoms with E-state index in [4.69, 9.17) is 9.47 Å². The largest absolute Gasteiger partial charge is 0.465 e. The normalized spacial score (nSPS) is 14.6. The first-order valence-corrected chi connectivity index (χ1v) is 9.35. The minimum Gasteiger partial charge on any atom is -0.465 e. The first kappa shape index (κ1) is 17.7. The van der Waals surface area contributed by atoms with E-state index in [1.807, 2.05) is 51.1 Å². The van der Waals surface area contributed by atoms with Crippen LogP contribution in [0, 0.1) is 0 Å². The molecule has 134 valence electrons. The molecule has 0 unspecified atom stereocenters. The molecule has 0 spiro atoms. The average Bonchev–Trinajstić information content (AvgIpc) is 2.84. The van der Waals surface area contributed by atoms with E-state index in [-0.39, 0.29) is 6.09 Å². The summed E-state index contributed by atoms with van der Waals surface area (Å²) in [5.74, 6) is 0. The Hall–Kier alpha value is -2.08. The van der Waals surface area contributed by atoms with Crippen LogP contribution in [-0.4, -0.2) is 34.7 Å². The summed E-state index contributed by atoms with van der Waals surface area (Å²) in [6, 6.07) is 10.1. The highest BCUT2D eigenvalue weighted by molar-refractivity contribution is 7.13. The molecule has 1 aromatic carbocycles. The third-order valence-electron chi connectivity index (χ3n) is 3.84. The SMILES string of the molecule is CC(C)(C)OC(=O)N1CCc2nc(OCc3ccccc3)sc2CC1. The van der Waals surface area contributed by atoms with Crippen molar-refractivity contribution >= 4 is 17.4 Å². The quantitative estimate of drug-likeness (QED) is 0.828. The predicted molar refractivity (Wildman–Crippen MR) is 98.1 cm³/mol. The Balaban J connectivity index is 1.57. The summed E-state index contributed by atoms with van der Waals surface area (Å²) in [6.45, 7) is 7.47. The lowest BCUT2D eigenvalue weighted by atomic mass is 10.2. The van der Waals surface area contributed by atoms with Crippen LogP contribution in [0.4, 0.5) is 4.79 Å². The summed E-state index contributed by atoms with van der Waals surface area (Å²) in [5.41, 5.74) is 1.70. The van der Waals surface area contributed by atoms with Crippen LogP contribution in [0.2, 0.25) is 0 Å². The third-order valence-corrected chi connectivity index (χ3v) is 4.91. The molecule has 1 aliphatic rings. The molecular formula is C19H24N2O3S. The van der Waals surface area contributed by atoms with Gasteiger partial charge in [-0.3, -0.25) is 0 Å². The number of amides is 1. The van der Waals surface area contributed by atoms with Crippen LogP contribution in [0.1, 0.15) is 36.9 Å². The molecule has 3 rings (SSSR count). The molecule has 1 amide bonds. The lowest BCUT2D eigenvalue weighted by molar-refractivity contribution is 0.0258. The molecule has 1 aliphatic heterocycles. The van der Waals surface area contributed by atoms with E-state index < -0.39 is 5.60 Å². The van der Waals surface area contributed by atoms with Crippen LogP contribution in [0.25, 0.3) is 0 Å². The molecule has 0 aliphatic carbocycles. The second kappa shape index (κ2) is 7.44. The van der Waals surface area contributed by atoms with Gasteiger partial charge in [0.1, 0.15) is 12.2 Å². The van der Waals surface area contributed by atoms with Gasteiger partial charge in [-0.25, -0.2) is 9.78 Å². The molecule has 0 N–H and O–H groups in total. The van der Waals surface area contributed by atoms with Crippen molar-refractivity contribution in [2.45, 2.75) is 45.8 Å². The standard InChI is InChI=1S/C19H24N2O3S/c1-19(2,3)24-18(22)21-11-9-15-16(10-12-21)25-17(20-15)23-13-14-7-5-4-6-8-14/h4-8H,9-13H2,1-3H3. The molecule has 2 aromatic rings. The van der Waals surface area contributed by atoms with Crippen molar-refractivity contribution in [1.82, 2.24) is 9.88 Å². The zero-order chi connectivity index (χ0) is 17.9. The van der Waals surface area contributed by atoms with Crippen LogP contribution >= 0.6 is 11.3 Å². The summed E-state index contributed by atoms with van der Waals surface area (Å²) >= 11 is 1.58. The van der Waals surface area contributed by atoms with Gasteiger partial charge in [-0.15, -0.1) is 0 Å². The van der Waals surface area contributed by atoms with Gasteiger partial charge < -0.3 is 14.4 Å². The van der Waals surface area contributed by atoms with Crippen molar-refractivity contribution in [3.63, 3.8) is 0 Å². The fourth-order valence-electron chi connectivity index (χ4n) is 2.63. The number of fused-ring (bicyclic) bond motifs is 1. The molecule has 5 nitrogen and oxygen atoms in total. The van der Waals surface area contributed by atoms with Crippen LogP contribution in [0.15, 0.2) is 30.3 Å². The summed E-state index contributed by atoms with van der Waals surface area (Å²) in [7, 11) is 0. The molecule has 0 atom stereocenters. The molecule has 2 heterocycles. The maximum Gasteiger partial charge on any atom is 0.410 e. The van der Waals surface area contributed by atoms with Gasteiger partial charge in [0.15, 0.2) is 0 Å². The zero-order valence-electron chi connectivity index (χ0n) is 14.9. The Labute approximate surface area is 152 Å². The van der Waals surface area contributed by atoms with Gasteiger partial charge in [0, 0.05) is 30.8 Å². The van der Waals surface area contributed by atoms with E-state index in [1.165, 1.54) is 4.88 Å². The molecule has 0 saturated heterocycles. The number of carbonyl (C=O) groups is 1. The molecule has 0 radical (unpaired) electrons. The van der Waals surface area contributed by atoms with Crippen molar-refractivity contribution in [1.29, 1.82) is 0 Å². The number of hydrogen-bond donors (Lipinski definition) is 0. The Morgan fingerprint density at radius 3 is 2.64 bits per heavy atom. The minimum absolute atomic E-state index is 0.247. The second-order valence-electron chi connectivity index (χ2n) is 7.09. The van der Waals surface area contributed by atoms with E-state index in [9.17, 15) is 4.79 Å². The van der Waals surface area contributed by atoms with E-state index in [0.717, 1.165) is 24.1 Å². The first-order chi connectivity index (χ1) is 11.9. The van der Waals surface area contributed by atoms with E-state index in [2.05, 4.69) is 4.98 Å². The lowest BCUT2D eigenvalue weighted by Crippen LogP contribution is -2.38. The van der Waals surface area contributed by atoms with Gasteiger partial charge in [0.2, 0.25) is 0 Å². The van der Waals surface area contributed by atoms with Gasteiger partial charge in [0.05, 0.1) is 5.69 Å². The number of rotatable bonds is 3. The Kier molecular flexibility index (Phi) is 5.27. The predicted octanol–water partition coefficient (Wildman–Crippen LogP) is 4.06. The van der Waals surface area contributed by atoms with Gasteiger partial charge in [-0.1, -0.05) is 41.7 Å². The van der Waals surface area contributed by atoms with Gasteiger partial charge in [0.25, 0.3) is 5.19 Å². The second-order valence-corrected chi connectivity index (χ2v) is 8.14. The number of thiazole rings is 1. The van der Waals surface area contributed by atoms with Crippen molar-refractivity contribution in [2.75, 3.05) is 13.1 Å². The highest BCUT2D eigenvalue weighted by Crippen LogP contribution is 2.29. The van der Waals surface area contributed by atoms with Gasteiger partial charge in [-0.05, 0) is 26.3 Å². The summed E-state index contributed by atoms with van der Waals surface area (Å²) in [5, 5.41) is 0.708. The fraction of sp³-hybridized carbons (Fsp3) is 0.474. The smallest absolute Gasteiger partial charge is 0.410 e. The molecule has 6 heteroatoms. The number of carbonyl (C=O) groups excluding carboxylic acids is 1. The maximum atomic E-state index is 12.2. The number of hydrogen-bond acceptors (Lipinski definition) is 5. The number of aromatic nitrogens is 1. The van der Waals surface area contributed by atoms with E-state index >= 15 is 0 Å². The average molecular weight is 360 g/mol. The minimum atomic E-state index is -0.467. The number of benzene rings is 1. The van der Waals surface area contributed by atoms with Crippen molar-refractivity contribution in [3.8, 4) is 5.19 Å². The van der Waals surface area contributed by atoms with Crippen molar-refractivity contribution in [3.05, 3.63) is 46.5 Å². The summed E-state index contributed by atoms with van der Waals surface area (Å²) in [4.78, 5) is 19.8. The van der Waals surface area contributed by atoms with Crippen molar-refractivity contribution < 1.29 is 14.3 Å². The van der Waals surface area contributed by atoms with Gasteiger partial charge >= 0.3 is 6.09 Å². The van der Waals surface area contributed by atoms with Crippen LogP contribution < -0.4 is 4.74 Å². The molecule has 0 fully saturated rings. The monoisotopic (exact) mass is 360 g/mol. The summed E-state index contributed by atoms with van der Waals surface area (Å²) in [6.07, 6.45) is 1.28. The lowest BCUT2D eigenvalue weighted by Gasteiger charge is -2.26. The summed E-state index contributed by atoms with van der Waals surface area (Å²) < 4.78 is 11.3. The zero-order valence-corrected chi connectivity index (χ0v) is 15.8. The molecular weight excluding hydrogens is 336 g/mol. The van der Waals surface area contributed by atoms with Gasteiger partial charge in [-0.2, -0.15) is 0 Å². The van der Waals surface area contributed by atoms with Crippen LogP contribution in [0.3, 0.4) is 0 Å². The van der Waals surface area contributed by atoms with E-state index in [1.54, 1.807) is 16.2 Å². The maximum absolute atomic E-state index is 12.2.